The van der Waals surface area contributed by atoms with E-state index in [-0.39, 0.29) is 23.0 Å². The van der Waals surface area contributed by atoms with Crippen LogP contribution in [0.2, 0.25) is 0 Å². The molecule has 1 aromatic rings. The summed E-state index contributed by atoms with van der Waals surface area (Å²) in [6.07, 6.45) is 4.39. The van der Waals surface area contributed by atoms with Crippen LogP contribution in [0.1, 0.15) is 54.9 Å². The Morgan fingerprint density at radius 3 is 2.67 bits per heavy atom. The Kier molecular flexibility index (Phi) is 7.63. The predicted molar refractivity (Wildman–Crippen MR) is 81.9 cm³/mol. The Morgan fingerprint density at radius 1 is 1.33 bits per heavy atom. The second-order valence-corrected chi connectivity index (χ2v) is 5.10. The smallest absolute Gasteiger partial charge is 0.163 e. The SMILES string of the molecule is CC(=O)c1cc(CCl)c(OCCCCCCC#N)cc1O. The molecule has 4 nitrogen and oxygen atoms in total. The molecular formula is C16H20ClNO3. The molecule has 0 bridgehead atoms. The number of Topliss-reactive ketones (excluding diaryl/α,β-unsaturated/α-hetero) is 1. The molecule has 0 radical (unpaired) electrons. The lowest BCUT2D eigenvalue weighted by Gasteiger charge is -2.12. The Bertz CT molecular complexity index is 523. The van der Waals surface area contributed by atoms with Crippen LogP contribution in [-0.4, -0.2) is 17.5 Å². The van der Waals surface area contributed by atoms with Crippen molar-refractivity contribution in [2.45, 2.75) is 44.9 Å². The molecule has 1 aromatic carbocycles. The molecule has 114 valence electrons. The van der Waals surface area contributed by atoms with Crippen molar-refractivity contribution in [1.82, 2.24) is 0 Å². The van der Waals surface area contributed by atoms with Gasteiger partial charge in [0.2, 0.25) is 0 Å². The minimum Gasteiger partial charge on any atom is -0.507 e. The fraction of sp³-hybridized carbons (Fsp3) is 0.500. The summed E-state index contributed by atoms with van der Waals surface area (Å²) in [5, 5.41) is 18.2. The molecule has 1 rings (SSSR count). The molecule has 0 saturated heterocycles. The normalized spacial score (nSPS) is 10.1. The molecule has 0 fully saturated rings. The Labute approximate surface area is 130 Å². The first kappa shape index (κ1) is 17.3. The molecule has 21 heavy (non-hydrogen) atoms. The highest BCUT2D eigenvalue weighted by molar-refractivity contribution is 6.17. The van der Waals surface area contributed by atoms with Crippen LogP contribution in [0.4, 0.5) is 0 Å². The maximum Gasteiger partial charge on any atom is 0.163 e. The summed E-state index contributed by atoms with van der Waals surface area (Å²) in [5.74, 6) is 0.450. The van der Waals surface area contributed by atoms with Gasteiger partial charge in [0.05, 0.1) is 24.1 Å². The van der Waals surface area contributed by atoms with Crippen LogP contribution < -0.4 is 4.74 Å². The zero-order chi connectivity index (χ0) is 15.7. The predicted octanol–water partition coefficient (Wildman–Crippen LogP) is 4.19. The van der Waals surface area contributed by atoms with Gasteiger partial charge in [-0.3, -0.25) is 4.79 Å². The van der Waals surface area contributed by atoms with Crippen molar-refractivity contribution < 1.29 is 14.6 Å². The maximum absolute atomic E-state index is 11.4. The van der Waals surface area contributed by atoms with E-state index in [2.05, 4.69) is 6.07 Å². The monoisotopic (exact) mass is 309 g/mol. The van der Waals surface area contributed by atoms with E-state index >= 15 is 0 Å². The molecule has 0 aromatic heterocycles. The van der Waals surface area contributed by atoms with E-state index in [0.29, 0.717) is 24.3 Å². The molecular weight excluding hydrogens is 290 g/mol. The second kappa shape index (κ2) is 9.25. The van der Waals surface area contributed by atoms with Crippen LogP contribution in [-0.2, 0) is 5.88 Å². The molecule has 0 saturated carbocycles. The van der Waals surface area contributed by atoms with Crippen molar-refractivity contribution in [3.8, 4) is 17.6 Å². The van der Waals surface area contributed by atoms with Gasteiger partial charge in [-0.25, -0.2) is 0 Å². The summed E-state index contributed by atoms with van der Waals surface area (Å²) in [6, 6.07) is 5.14. The van der Waals surface area contributed by atoms with Crippen LogP contribution in [0.15, 0.2) is 12.1 Å². The molecule has 0 heterocycles. The fourth-order valence-electron chi connectivity index (χ4n) is 1.98. The van der Waals surface area contributed by atoms with Crippen molar-refractivity contribution in [3.63, 3.8) is 0 Å². The van der Waals surface area contributed by atoms with Crippen molar-refractivity contribution in [3.05, 3.63) is 23.3 Å². The maximum atomic E-state index is 11.4. The van der Waals surface area contributed by atoms with E-state index < -0.39 is 0 Å². The number of nitrogens with zero attached hydrogens (tertiary/aromatic N) is 1. The van der Waals surface area contributed by atoms with Crippen LogP contribution in [0, 0.1) is 11.3 Å². The van der Waals surface area contributed by atoms with Crippen molar-refractivity contribution in [1.29, 1.82) is 5.26 Å². The molecule has 0 aliphatic rings. The summed E-state index contributed by atoms with van der Waals surface area (Å²) in [5.41, 5.74) is 0.957. The van der Waals surface area contributed by atoms with Gasteiger partial charge in [-0.15, -0.1) is 11.6 Å². The minimum atomic E-state index is -0.206. The largest absolute Gasteiger partial charge is 0.507 e. The number of alkyl halides is 1. The zero-order valence-corrected chi connectivity index (χ0v) is 12.9. The van der Waals surface area contributed by atoms with Gasteiger partial charge in [-0.2, -0.15) is 5.26 Å². The number of hydrogen-bond acceptors (Lipinski definition) is 4. The Morgan fingerprint density at radius 2 is 2.05 bits per heavy atom. The lowest BCUT2D eigenvalue weighted by Crippen LogP contribution is -2.02. The van der Waals surface area contributed by atoms with Crippen LogP contribution in [0.5, 0.6) is 11.5 Å². The number of phenols is 1. The summed E-state index contributed by atoms with van der Waals surface area (Å²) in [6.45, 7) is 1.92. The first-order valence-corrected chi connectivity index (χ1v) is 7.56. The molecule has 0 unspecified atom stereocenters. The lowest BCUT2D eigenvalue weighted by molar-refractivity contribution is 0.101. The van der Waals surface area contributed by atoms with Crippen molar-refractivity contribution in [2.75, 3.05) is 6.61 Å². The average molecular weight is 310 g/mol. The van der Waals surface area contributed by atoms with Gasteiger partial charge in [0.25, 0.3) is 0 Å². The number of nitriles is 1. The first-order chi connectivity index (χ1) is 10.1. The quantitative estimate of drug-likeness (QED) is 0.422. The summed E-state index contributed by atoms with van der Waals surface area (Å²) < 4.78 is 5.63. The third kappa shape index (κ3) is 5.65. The summed E-state index contributed by atoms with van der Waals surface area (Å²) in [4.78, 5) is 11.4. The number of ether oxygens (including phenoxy) is 1. The number of hydrogen-bond donors (Lipinski definition) is 1. The van der Waals surface area contributed by atoms with E-state index in [1.165, 1.54) is 13.0 Å². The Balaban J connectivity index is 2.53. The number of unbranched alkanes of at least 4 members (excludes halogenated alkanes) is 4. The summed E-state index contributed by atoms with van der Waals surface area (Å²) in [7, 11) is 0. The topological polar surface area (TPSA) is 70.3 Å². The highest BCUT2D eigenvalue weighted by Gasteiger charge is 2.12. The molecule has 0 aliphatic heterocycles. The van der Waals surface area contributed by atoms with Gasteiger partial charge in [0.1, 0.15) is 11.5 Å². The van der Waals surface area contributed by atoms with Gasteiger partial charge in [-0.1, -0.05) is 12.8 Å². The van der Waals surface area contributed by atoms with E-state index in [9.17, 15) is 9.90 Å². The van der Waals surface area contributed by atoms with Gasteiger partial charge >= 0.3 is 0 Å². The van der Waals surface area contributed by atoms with Crippen LogP contribution in [0.3, 0.4) is 0 Å². The number of phenolic OH excluding ortho intramolecular Hbond substituents is 1. The van der Waals surface area contributed by atoms with Crippen molar-refractivity contribution in [2.24, 2.45) is 0 Å². The number of carbonyl (C=O) groups excluding carboxylic acids is 1. The fourth-order valence-corrected chi connectivity index (χ4v) is 2.19. The number of carbonyl (C=O) groups is 1. The van der Waals surface area contributed by atoms with E-state index in [1.54, 1.807) is 6.07 Å². The minimum absolute atomic E-state index is 0.0830. The van der Waals surface area contributed by atoms with Crippen LogP contribution in [0.25, 0.3) is 0 Å². The van der Waals surface area contributed by atoms with Gasteiger partial charge < -0.3 is 9.84 Å². The van der Waals surface area contributed by atoms with Gasteiger partial charge in [0.15, 0.2) is 5.78 Å². The second-order valence-electron chi connectivity index (χ2n) is 4.84. The Hall–Kier alpha value is -1.73. The molecule has 0 aliphatic carbocycles. The molecule has 1 N–H and O–H groups in total. The van der Waals surface area contributed by atoms with E-state index in [1.807, 2.05) is 0 Å². The third-order valence-corrected chi connectivity index (χ3v) is 3.43. The number of rotatable bonds is 9. The average Bonchev–Trinajstić information content (AvgIpc) is 2.46. The number of ketones is 1. The number of aromatic hydroxyl groups is 1. The van der Waals surface area contributed by atoms with E-state index in [0.717, 1.165) is 25.7 Å². The molecule has 0 amide bonds. The van der Waals surface area contributed by atoms with Crippen LogP contribution >= 0.6 is 11.6 Å². The highest BCUT2D eigenvalue weighted by Crippen LogP contribution is 2.30. The van der Waals surface area contributed by atoms with Crippen molar-refractivity contribution >= 4 is 17.4 Å². The number of halogens is 1. The highest BCUT2D eigenvalue weighted by atomic mass is 35.5. The van der Waals surface area contributed by atoms with Gasteiger partial charge in [-0.05, 0) is 25.8 Å². The van der Waals surface area contributed by atoms with Gasteiger partial charge in [0, 0.05) is 18.1 Å². The van der Waals surface area contributed by atoms with E-state index in [4.69, 9.17) is 21.6 Å². The first-order valence-electron chi connectivity index (χ1n) is 7.02. The zero-order valence-electron chi connectivity index (χ0n) is 12.2. The molecule has 0 atom stereocenters. The number of benzene rings is 1. The third-order valence-electron chi connectivity index (χ3n) is 3.14. The lowest BCUT2D eigenvalue weighted by atomic mass is 10.1. The molecule has 0 spiro atoms. The summed E-state index contributed by atoms with van der Waals surface area (Å²) >= 11 is 5.85. The molecule has 5 heteroatoms. The standard InChI is InChI=1S/C16H20ClNO3/c1-12(19)14-9-13(11-17)16(10-15(14)20)21-8-6-4-2-3-5-7-18/h9-10,20H,2-6,8,11H2,1H3.